The Labute approximate surface area is 118 Å². The van der Waals surface area contributed by atoms with E-state index in [2.05, 4.69) is 22.4 Å². The number of hydrogen-bond donors (Lipinski definition) is 1. The summed E-state index contributed by atoms with van der Waals surface area (Å²) < 4.78 is 10.8. The molecule has 0 saturated heterocycles. The van der Waals surface area contributed by atoms with Crippen LogP contribution in [0.1, 0.15) is 50.8 Å². The summed E-state index contributed by atoms with van der Waals surface area (Å²) in [6.45, 7) is 3.23. The molecule has 2 atom stereocenters. The lowest BCUT2D eigenvalue weighted by molar-refractivity contribution is 0.262. The number of furan rings is 1. The van der Waals surface area contributed by atoms with Crippen molar-refractivity contribution < 1.29 is 8.94 Å². The molecule has 0 aliphatic heterocycles. The van der Waals surface area contributed by atoms with Gasteiger partial charge in [-0.1, -0.05) is 24.9 Å². The summed E-state index contributed by atoms with van der Waals surface area (Å²) in [5.74, 6) is 2.27. The molecule has 0 radical (unpaired) electrons. The second-order valence-corrected chi connectivity index (χ2v) is 5.39. The quantitative estimate of drug-likeness (QED) is 0.906. The minimum absolute atomic E-state index is 0.325. The smallest absolute Gasteiger partial charge is 0.238 e. The zero-order valence-corrected chi connectivity index (χ0v) is 11.8. The summed E-state index contributed by atoms with van der Waals surface area (Å²) >= 11 is 0. The molecular weight excluding hydrogens is 254 g/mol. The van der Waals surface area contributed by atoms with Gasteiger partial charge in [0.1, 0.15) is 0 Å². The Hall–Kier alpha value is -1.62. The van der Waals surface area contributed by atoms with Crippen LogP contribution in [-0.2, 0) is 0 Å². The van der Waals surface area contributed by atoms with Gasteiger partial charge in [0.15, 0.2) is 5.76 Å². The van der Waals surface area contributed by atoms with E-state index < -0.39 is 0 Å². The van der Waals surface area contributed by atoms with Gasteiger partial charge in [0.2, 0.25) is 11.7 Å². The van der Waals surface area contributed by atoms with Gasteiger partial charge in [-0.2, -0.15) is 4.98 Å². The summed E-state index contributed by atoms with van der Waals surface area (Å²) in [4.78, 5) is 4.52. The summed E-state index contributed by atoms with van der Waals surface area (Å²) in [5, 5.41) is 7.65. The van der Waals surface area contributed by atoms with Crippen molar-refractivity contribution in [1.82, 2.24) is 15.5 Å². The van der Waals surface area contributed by atoms with Gasteiger partial charge in [-0.15, -0.1) is 0 Å². The first-order chi connectivity index (χ1) is 9.88. The minimum Gasteiger partial charge on any atom is -0.461 e. The lowest BCUT2D eigenvalue weighted by Gasteiger charge is -2.29. The molecule has 1 aliphatic carbocycles. The van der Waals surface area contributed by atoms with Crippen LogP contribution < -0.4 is 5.32 Å². The molecular formula is C15H21N3O2. The number of nitrogens with one attached hydrogen (secondary N) is 1. The van der Waals surface area contributed by atoms with Crippen molar-refractivity contribution in [3.05, 3.63) is 24.3 Å². The van der Waals surface area contributed by atoms with Gasteiger partial charge in [-0.3, -0.25) is 0 Å². The van der Waals surface area contributed by atoms with Crippen molar-refractivity contribution in [2.24, 2.45) is 0 Å². The Morgan fingerprint density at radius 2 is 2.25 bits per heavy atom. The van der Waals surface area contributed by atoms with Gasteiger partial charge in [-0.25, -0.2) is 0 Å². The van der Waals surface area contributed by atoms with Crippen LogP contribution in [0.3, 0.4) is 0 Å². The molecule has 0 spiro atoms. The third-order valence-electron chi connectivity index (χ3n) is 3.92. The van der Waals surface area contributed by atoms with Crippen LogP contribution in [0, 0.1) is 0 Å². The Morgan fingerprint density at radius 1 is 1.35 bits per heavy atom. The molecule has 1 aliphatic rings. The van der Waals surface area contributed by atoms with Crippen molar-refractivity contribution in [3.8, 4) is 11.6 Å². The van der Waals surface area contributed by atoms with Crippen LogP contribution in [0.5, 0.6) is 0 Å². The van der Waals surface area contributed by atoms with Crippen molar-refractivity contribution >= 4 is 0 Å². The maximum Gasteiger partial charge on any atom is 0.238 e. The second-order valence-electron chi connectivity index (χ2n) is 5.39. The fraction of sp³-hybridized carbons (Fsp3) is 0.600. The summed E-state index contributed by atoms with van der Waals surface area (Å²) in [6, 6.07) is 4.13. The van der Waals surface area contributed by atoms with E-state index in [9.17, 15) is 0 Å². The highest BCUT2D eigenvalue weighted by Crippen LogP contribution is 2.33. The standard InChI is InChI=1S/C15H21N3O2/c1-2-9-16-12-7-4-3-6-11(12)15-17-14(18-20-15)13-8-5-10-19-13/h5,8,10-12,16H,2-4,6-7,9H2,1H3. The van der Waals surface area contributed by atoms with Crippen LogP contribution in [0.2, 0.25) is 0 Å². The van der Waals surface area contributed by atoms with E-state index in [-0.39, 0.29) is 0 Å². The normalized spacial score (nSPS) is 23.1. The Balaban J connectivity index is 1.76. The maximum atomic E-state index is 5.48. The van der Waals surface area contributed by atoms with Crippen molar-refractivity contribution in [1.29, 1.82) is 0 Å². The average Bonchev–Trinajstić information content (AvgIpc) is 3.15. The van der Waals surface area contributed by atoms with E-state index in [4.69, 9.17) is 8.94 Å². The van der Waals surface area contributed by atoms with Crippen LogP contribution in [0.4, 0.5) is 0 Å². The molecule has 1 N–H and O–H groups in total. The monoisotopic (exact) mass is 275 g/mol. The average molecular weight is 275 g/mol. The zero-order valence-electron chi connectivity index (χ0n) is 11.8. The highest BCUT2D eigenvalue weighted by molar-refractivity contribution is 5.44. The van der Waals surface area contributed by atoms with E-state index in [1.165, 1.54) is 19.3 Å². The van der Waals surface area contributed by atoms with Gasteiger partial charge in [0.05, 0.1) is 12.2 Å². The van der Waals surface area contributed by atoms with E-state index in [1.54, 1.807) is 6.26 Å². The molecule has 1 fully saturated rings. The predicted molar refractivity (Wildman–Crippen MR) is 75.3 cm³/mol. The third-order valence-corrected chi connectivity index (χ3v) is 3.92. The van der Waals surface area contributed by atoms with Gasteiger partial charge in [-0.05, 0) is 37.9 Å². The van der Waals surface area contributed by atoms with E-state index in [0.29, 0.717) is 23.5 Å². The molecule has 3 rings (SSSR count). The molecule has 2 aromatic heterocycles. The molecule has 2 aromatic rings. The topological polar surface area (TPSA) is 64.1 Å². The SMILES string of the molecule is CCCNC1CCCCC1c1nc(-c2ccco2)no1. The molecule has 0 aromatic carbocycles. The molecule has 5 nitrogen and oxygen atoms in total. The summed E-state index contributed by atoms with van der Waals surface area (Å²) in [7, 11) is 0. The molecule has 2 unspecified atom stereocenters. The first-order valence-corrected chi connectivity index (χ1v) is 7.49. The van der Waals surface area contributed by atoms with Crippen LogP contribution >= 0.6 is 0 Å². The number of hydrogen-bond acceptors (Lipinski definition) is 5. The fourth-order valence-electron chi connectivity index (χ4n) is 2.89. The fourth-order valence-corrected chi connectivity index (χ4v) is 2.89. The van der Waals surface area contributed by atoms with Crippen molar-refractivity contribution in [2.75, 3.05) is 6.54 Å². The van der Waals surface area contributed by atoms with Crippen LogP contribution in [0.15, 0.2) is 27.3 Å². The van der Waals surface area contributed by atoms with Crippen molar-refractivity contribution in [2.45, 2.75) is 51.0 Å². The molecule has 5 heteroatoms. The lowest BCUT2D eigenvalue weighted by Crippen LogP contribution is -2.37. The van der Waals surface area contributed by atoms with E-state index in [1.807, 2.05) is 12.1 Å². The first-order valence-electron chi connectivity index (χ1n) is 7.49. The van der Waals surface area contributed by atoms with Gasteiger partial charge < -0.3 is 14.3 Å². The molecule has 2 heterocycles. The molecule has 1 saturated carbocycles. The molecule has 20 heavy (non-hydrogen) atoms. The highest BCUT2D eigenvalue weighted by Gasteiger charge is 2.30. The minimum atomic E-state index is 0.325. The van der Waals surface area contributed by atoms with Gasteiger partial charge in [0, 0.05) is 6.04 Å². The highest BCUT2D eigenvalue weighted by atomic mass is 16.5. The van der Waals surface area contributed by atoms with Gasteiger partial charge >= 0.3 is 0 Å². The van der Waals surface area contributed by atoms with Crippen LogP contribution in [-0.4, -0.2) is 22.7 Å². The third kappa shape index (κ3) is 2.77. The second kappa shape index (κ2) is 6.22. The van der Waals surface area contributed by atoms with Gasteiger partial charge in [0.25, 0.3) is 0 Å². The van der Waals surface area contributed by atoms with Crippen molar-refractivity contribution in [3.63, 3.8) is 0 Å². The Bertz CT molecular complexity index is 521. The Morgan fingerprint density at radius 3 is 3.05 bits per heavy atom. The summed E-state index contributed by atoms with van der Waals surface area (Å²) in [6.07, 6.45) is 7.57. The predicted octanol–water partition coefficient (Wildman–Crippen LogP) is 3.36. The molecule has 0 amide bonds. The molecule has 108 valence electrons. The number of aromatic nitrogens is 2. The van der Waals surface area contributed by atoms with Crippen LogP contribution in [0.25, 0.3) is 11.6 Å². The zero-order chi connectivity index (χ0) is 13.8. The maximum absolute atomic E-state index is 5.48. The molecule has 0 bridgehead atoms. The lowest BCUT2D eigenvalue weighted by atomic mass is 9.84. The van der Waals surface area contributed by atoms with E-state index >= 15 is 0 Å². The first kappa shape index (κ1) is 13.4. The number of nitrogens with zero attached hydrogens (tertiary/aromatic N) is 2. The largest absolute Gasteiger partial charge is 0.461 e. The Kier molecular flexibility index (Phi) is 4.16. The number of rotatable bonds is 5. The summed E-state index contributed by atoms with van der Waals surface area (Å²) in [5.41, 5.74) is 0. The van der Waals surface area contributed by atoms with E-state index in [0.717, 1.165) is 25.3 Å².